The van der Waals surface area contributed by atoms with Gasteiger partial charge in [-0.2, -0.15) is 0 Å². The lowest BCUT2D eigenvalue weighted by Crippen LogP contribution is -2.43. The van der Waals surface area contributed by atoms with Crippen LogP contribution in [0.3, 0.4) is 0 Å². The van der Waals surface area contributed by atoms with Gasteiger partial charge in [0.05, 0.1) is 12.7 Å². The van der Waals surface area contributed by atoms with Crippen molar-refractivity contribution in [2.45, 2.75) is 57.8 Å². The number of nitrogens with zero attached hydrogens (tertiary/aromatic N) is 1. The largest absolute Gasteiger partial charge is 0.395 e. The minimum absolute atomic E-state index is 0.204. The molecule has 4 heteroatoms. The summed E-state index contributed by atoms with van der Waals surface area (Å²) < 4.78 is 5.58. The fourth-order valence-corrected chi connectivity index (χ4v) is 2.52. The van der Waals surface area contributed by atoms with Gasteiger partial charge < -0.3 is 20.1 Å². The normalized spacial score (nSPS) is 27.0. The Morgan fingerprint density at radius 2 is 2.18 bits per heavy atom. The summed E-state index contributed by atoms with van der Waals surface area (Å²) in [5.74, 6) is 0. The molecule has 0 amide bonds. The summed E-state index contributed by atoms with van der Waals surface area (Å²) in [5, 5.41) is 12.7. The van der Waals surface area contributed by atoms with E-state index in [4.69, 9.17) is 4.74 Å². The maximum absolute atomic E-state index is 9.30. The van der Waals surface area contributed by atoms with Crippen molar-refractivity contribution in [3.8, 4) is 0 Å². The highest BCUT2D eigenvalue weighted by Gasteiger charge is 2.27. The zero-order valence-electron chi connectivity index (χ0n) is 11.6. The number of ether oxygens (including phenoxy) is 1. The fraction of sp³-hybridized carbons (Fsp3) is 1.00. The molecule has 0 saturated carbocycles. The van der Waals surface area contributed by atoms with Crippen molar-refractivity contribution in [1.82, 2.24) is 10.2 Å². The van der Waals surface area contributed by atoms with Crippen LogP contribution < -0.4 is 5.32 Å². The number of aliphatic hydroxyl groups is 1. The number of aliphatic hydroxyl groups excluding tert-OH is 1. The monoisotopic (exact) mass is 244 g/mol. The van der Waals surface area contributed by atoms with Gasteiger partial charge in [-0.15, -0.1) is 0 Å². The third kappa shape index (κ3) is 4.92. The first-order chi connectivity index (χ1) is 8.04. The molecule has 1 rings (SSSR count). The van der Waals surface area contributed by atoms with Crippen molar-refractivity contribution in [2.75, 3.05) is 26.8 Å². The molecule has 0 spiro atoms. The highest BCUT2D eigenvalue weighted by Crippen LogP contribution is 2.18. The molecule has 1 saturated heterocycles. The SMILES string of the molecule is CC(C)NC(CO)CCN(C)C1CCOC1C. The Morgan fingerprint density at radius 3 is 2.65 bits per heavy atom. The molecule has 1 heterocycles. The maximum Gasteiger partial charge on any atom is 0.0702 e. The molecule has 0 radical (unpaired) electrons. The van der Waals surface area contributed by atoms with Gasteiger partial charge in [-0.1, -0.05) is 13.8 Å². The first-order valence-electron chi connectivity index (χ1n) is 6.73. The van der Waals surface area contributed by atoms with Gasteiger partial charge in [-0.25, -0.2) is 0 Å². The number of hydrogen-bond acceptors (Lipinski definition) is 4. The molecule has 2 N–H and O–H groups in total. The van der Waals surface area contributed by atoms with Gasteiger partial charge in [0.25, 0.3) is 0 Å². The molecule has 0 aromatic heterocycles. The van der Waals surface area contributed by atoms with Crippen molar-refractivity contribution in [3.63, 3.8) is 0 Å². The van der Waals surface area contributed by atoms with E-state index >= 15 is 0 Å². The van der Waals surface area contributed by atoms with Crippen LogP contribution in [-0.2, 0) is 4.74 Å². The van der Waals surface area contributed by atoms with E-state index in [1.54, 1.807) is 0 Å². The Hall–Kier alpha value is -0.160. The van der Waals surface area contributed by atoms with E-state index in [0.29, 0.717) is 18.2 Å². The lowest BCUT2D eigenvalue weighted by Gasteiger charge is -2.28. The van der Waals surface area contributed by atoms with Crippen molar-refractivity contribution in [1.29, 1.82) is 0 Å². The molecule has 3 unspecified atom stereocenters. The second-order valence-electron chi connectivity index (χ2n) is 5.40. The smallest absolute Gasteiger partial charge is 0.0702 e. The predicted octanol–water partition coefficient (Wildman–Crippen LogP) is 0.845. The number of nitrogens with one attached hydrogen (secondary N) is 1. The van der Waals surface area contributed by atoms with Crippen molar-refractivity contribution < 1.29 is 9.84 Å². The molecule has 0 aromatic rings. The van der Waals surface area contributed by atoms with E-state index in [2.05, 4.69) is 38.0 Å². The van der Waals surface area contributed by atoms with Gasteiger partial charge in [0.2, 0.25) is 0 Å². The molecule has 1 aliphatic heterocycles. The van der Waals surface area contributed by atoms with Gasteiger partial charge in [0.15, 0.2) is 0 Å². The molecule has 17 heavy (non-hydrogen) atoms. The maximum atomic E-state index is 9.30. The van der Waals surface area contributed by atoms with Gasteiger partial charge in [0.1, 0.15) is 0 Å². The van der Waals surface area contributed by atoms with Crippen LogP contribution in [0.25, 0.3) is 0 Å². The van der Waals surface area contributed by atoms with Crippen LogP contribution in [0, 0.1) is 0 Å². The molecule has 3 atom stereocenters. The Balaban J connectivity index is 2.28. The summed E-state index contributed by atoms with van der Waals surface area (Å²) in [6.45, 7) is 8.46. The summed E-state index contributed by atoms with van der Waals surface area (Å²) in [5.41, 5.74) is 0. The zero-order chi connectivity index (χ0) is 12.8. The highest BCUT2D eigenvalue weighted by atomic mass is 16.5. The van der Waals surface area contributed by atoms with E-state index in [9.17, 15) is 5.11 Å². The molecule has 0 aromatic carbocycles. The number of rotatable bonds is 7. The number of likely N-dealkylation sites (N-methyl/N-ethyl adjacent to an activating group) is 1. The standard InChI is InChI=1S/C13H28N2O2/c1-10(2)14-12(9-16)5-7-15(4)13-6-8-17-11(13)3/h10-14,16H,5-9H2,1-4H3. The summed E-state index contributed by atoms with van der Waals surface area (Å²) in [6.07, 6.45) is 2.44. The van der Waals surface area contributed by atoms with Gasteiger partial charge >= 0.3 is 0 Å². The van der Waals surface area contributed by atoms with Crippen LogP contribution in [0.5, 0.6) is 0 Å². The van der Waals surface area contributed by atoms with Crippen LogP contribution in [-0.4, -0.2) is 61.0 Å². The quantitative estimate of drug-likeness (QED) is 0.697. The number of hydrogen-bond donors (Lipinski definition) is 2. The topological polar surface area (TPSA) is 44.7 Å². The van der Waals surface area contributed by atoms with Crippen molar-refractivity contribution >= 4 is 0 Å². The molecular weight excluding hydrogens is 216 g/mol. The second-order valence-corrected chi connectivity index (χ2v) is 5.40. The molecule has 0 aliphatic carbocycles. The summed E-state index contributed by atoms with van der Waals surface area (Å²) in [4.78, 5) is 2.36. The third-order valence-corrected chi connectivity index (χ3v) is 3.52. The molecule has 4 nitrogen and oxygen atoms in total. The van der Waals surface area contributed by atoms with Gasteiger partial charge in [0, 0.05) is 24.7 Å². The minimum Gasteiger partial charge on any atom is -0.395 e. The van der Waals surface area contributed by atoms with E-state index in [1.807, 2.05) is 0 Å². The van der Waals surface area contributed by atoms with Gasteiger partial charge in [-0.05, 0) is 33.4 Å². The summed E-state index contributed by atoms with van der Waals surface area (Å²) in [6, 6.07) is 1.16. The average Bonchev–Trinajstić information content (AvgIpc) is 2.69. The summed E-state index contributed by atoms with van der Waals surface area (Å²) in [7, 11) is 2.15. The average molecular weight is 244 g/mol. The Bertz CT molecular complexity index is 212. The first kappa shape index (κ1) is 14.9. The Kier molecular flexibility index (Phi) is 6.41. The Morgan fingerprint density at radius 1 is 1.47 bits per heavy atom. The van der Waals surface area contributed by atoms with E-state index in [0.717, 1.165) is 26.0 Å². The molecule has 102 valence electrons. The third-order valence-electron chi connectivity index (χ3n) is 3.52. The predicted molar refractivity (Wildman–Crippen MR) is 70.2 cm³/mol. The lowest BCUT2D eigenvalue weighted by atomic mass is 10.1. The molecule has 0 bridgehead atoms. The lowest BCUT2D eigenvalue weighted by molar-refractivity contribution is 0.0810. The second kappa shape index (κ2) is 7.31. The molecular formula is C13H28N2O2. The first-order valence-corrected chi connectivity index (χ1v) is 6.73. The van der Waals surface area contributed by atoms with Gasteiger partial charge in [-0.3, -0.25) is 0 Å². The van der Waals surface area contributed by atoms with Crippen LogP contribution in [0.1, 0.15) is 33.6 Å². The van der Waals surface area contributed by atoms with E-state index in [1.165, 1.54) is 0 Å². The van der Waals surface area contributed by atoms with Crippen LogP contribution >= 0.6 is 0 Å². The van der Waals surface area contributed by atoms with Crippen LogP contribution in [0.15, 0.2) is 0 Å². The summed E-state index contributed by atoms with van der Waals surface area (Å²) >= 11 is 0. The molecule has 1 aliphatic rings. The zero-order valence-corrected chi connectivity index (χ0v) is 11.6. The van der Waals surface area contributed by atoms with Crippen LogP contribution in [0.2, 0.25) is 0 Å². The Labute approximate surface area is 105 Å². The molecule has 1 fully saturated rings. The van der Waals surface area contributed by atoms with E-state index < -0.39 is 0 Å². The van der Waals surface area contributed by atoms with Crippen LogP contribution in [0.4, 0.5) is 0 Å². The van der Waals surface area contributed by atoms with Crippen molar-refractivity contribution in [2.24, 2.45) is 0 Å². The fourth-order valence-electron chi connectivity index (χ4n) is 2.52. The van der Waals surface area contributed by atoms with Crippen molar-refractivity contribution in [3.05, 3.63) is 0 Å². The van der Waals surface area contributed by atoms with E-state index in [-0.39, 0.29) is 12.6 Å². The minimum atomic E-state index is 0.204. The highest BCUT2D eigenvalue weighted by molar-refractivity contribution is 4.81.